The zero-order valence-electron chi connectivity index (χ0n) is 19.4. The first-order valence-electron chi connectivity index (χ1n) is 10.0. The highest BCUT2D eigenvalue weighted by Gasteiger charge is 2.61. The monoisotopic (exact) mass is 415 g/mol. The molecule has 4 atom stereocenters. The van der Waals surface area contributed by atoms with E-state index in [-0.39, 0.29) is 34.0 Å². The summed E-state index contributed by atoms with van der Waals surface area (Å²) in [6.07, 6.45) is -0.272. The Bertz CT molecular complexity index is 590. The Hall–Kier alpha value is -0.666. The summed E-state index contributed by atoms with van der Waals surface area (Å²) in [6, 6.07) is -0.296. The van der Waals surface area contributed by atoms with Gasteiger partial charge in [0.2, 0.25) is 5.91 Å². The van der Waals surface area contributed by atoms with Gasteiger partial charge >= 0.3 is 5.97 Å². The molecule has 3 unspecified atom stereocenters. The number of aliphatic carboxylic acids is 1. The molecule has 0 aromatic carbocycles. The highest BCUT2D eigenvalue weighted by Crippen LogP contribution is 2.48. The summed E-state index contributed by atoms with van der Waals surface area (Å²) < 4.78 is 8.44. The normalized spacial score (nSPS) is 24.4. The second-order valence-corrected chi connectivity index (χ2v) is 21.1. The summed E-state index contributed by atoms with van der Waals surface area (Å²) in [4.78, 5) is 25.1. The maximum absolute atomic E-state index is 13.3. The third-order valence-electron chi connectivity index (χ3n) is 7.32. The summed E-state index contributed by atoms with van der Waals surface area (Å²) in [5.41, 5.74) is 0. The summed E-state index contributed by atoms with van der Waals surface area (Å²) in [5, 5.41) is 9.71. The van der Waals surface area contributed by atoms with Crippen molar-refractivity contribution in [1.82, 2.24) is 4.57 Å². The van der Waals surface area contributed by atoms with Gasteiger partial charge < -0.3 is 14.1 Å². The molecule has 158 valence electrons. The molecule has 0 bridgehead atoms. The maximum atomic E-state index is 13.3. The van der Waals surface area contributed by atoms with Crippen LogP contribution in [-0.2, 0) is 14.0 Å². The first kappa shape index (κ1) is 24.4. The maximum Gasteiger partial charge on any atom is 0.308 e. The van der Waals surface area contributed by atoms with E-state index in [0.717, 1.165) is 0 Å². The Labute approximate surface area is 168 Å². The summed E-state index contributed by atoms with van der Waals surface area (Å²) in [6.45, 7) is 25.3. The van der Waals surface area contributed by atoms with E-state index in [9.17, 15) is 14.7 Å². The summed E-state index contributed by atoms with van der Waals surface area (Å²) in [5.74, 6) is -1.75. The first-order chi connectivity index (χ1) is 11.8. The Balaban J connectivity index is 3.25. The molecule has 7 heteroatoms. The number of rotatable bonds is 6. The van der Waals surface area contributed by atoms with Gasteiger partial charge in [-0.25, -0.2) is 0 Å². The van der Waals surface area contributed by atoms with Crippen LogP contribution in [0.25, 0.3) is 0 Å². The highest BCUT2D eigenvalue weighted by atomic mass is 28.4. The van der Waals surface area contributed by atoms with Gasteiger partial charge in [0.15, 0.2) is 16.6 Å². The number of nitrogens with zero attached hydrogens (tertiary/aromatic N) is 1. The molecule has 0 saturated carbocycles. The van der Waals surface area contributed by atoms with Crippen LogP contribution in [0.4, 0.5) is 0 Å². The quantitative estimate of drug-likeness (QED) is 0.492. The number of carboxylic acid groups (broad SMARTS) is 1. The van der Waals surface area contributed by atoms with Crippen LogP contribution in [0.15, 0.2) is 0 Å². The van der Waals surface area contributed by atoms with E-state index in [1.807, 2.05) is 11.5 Å². The van der Waals surface area contributed by atoms with Crippen molar-refractivity contribution < 1.29 is 19.1 Å². The second-order valence-electron chi connectivity index (χ2n) is 11.2. The van der Waals surface area contributed by atoms with E-state index in [4.69, 9.17) is 4.43 Å². The van der Waals surface area contributed by atoms with Crippen molar-refractivity contribution in [3.63, 3.8) is 0 Å². The number of carbonyl (C=O) groups is 2. The average molecular weight is 416 g/mol. The molecule has 1 rings (SSSR count). The predicted octanol–water partition coefficient (Wildman–Crippen LogP) is 4.95. The number of β-lactam (4-membered cyclic amide) rings is 1. The predicted molar refractivity (Wildman–Crippen MR) is 116 cm³/mol. The lowest BCUT2D eigenvalue weighted by Gasteiger charge is -2.61. The van der Waals surface area contributed by atoms with Gasteiger partial charge in [0.05, 0.1) is 24.0 Å². The summed E-state index contributed by atoms with van der Waals surface area (Å²) >= 11 is 0. The van der Waals surface area contributed by atoms with Crippen molar-refractivity contribution >= 4 is 28.4 Å². The molecule has 0 radical (unpaired) electrons. The van der Waals surface area contributed by atoms with Crippen molar-refractivity contribution in [1.29, 1.82) is 0 Å². The van der Waals surface area contributed by atoms with Gasteiger partial charge in [-0.2, -0.15) is 0 Å². The molecule has 0 aliphatic carbocycles. The van der Waals surface area contributed by atoms with Crippen molar-refractivity contribution in [2.75, 3.05) is 0 Å². The van der Waals surface area contributed by atoms with Crippen LogP contribution in [-0.4, -0.2) is 50.2 Å². The van der Waals surface area contributed by atoms with Gasteiger partial charge in [-0.1, -0.05) is 54.6 Å². The van der Waals surface area contributed by atoms with Crippen LogP contribution < -0.4 is 0 Å². The molecule has 1 aliphatic heterocycles. The molecule has 1 amide bonds. The van der Waals surface area contributed by atoms with E-state index in [1.165, 1.54) is 0 Å². The zero-order chi connectivity index (χ0) is 21.7. The lowest BCUT2D eigenvalue weighted by Crippen LogP contribution is -2.77. The number of carbonyl (C=O) groups excluding carboxylic acids is 1. The Kier molecular flexibility index (Phi) is 6.59. The third-order valence-corrected chi connectivity index (χ3v) is 17.3. The van der Waals surface area contributed by atoms with E-state index >= 15 is 0 Å². The number of hydrogen-bond acceptors (Lipinski definition) is 3. The molecule has 1 fully saturated rings. The SMILES string of the molecule is CC(C(=O)O)C1C([C@@H](C)O[Si](C)(C)C(C)(C)C)C(=O)N1[Si](C)(C)C(C)(C)C. The first-order valence-corrected chi connectivity index (χ1v) is 15.9. The number of hydrogen-bond donors (Lipinski definition) is 1. The topological polar surface area (TPSA) is 66.8 Å². The highest BCUT2D eigenvalue weighted by molar-refractivity contribution is 6.80. The van der Waals surface area contributed by atoms with Crippen LogP contribution in [0.2, 0.25) is 36.3 Å². The van der Waals surface area contributed by atoms with Crippen LogP contribution >= 0.6 is 0 Å². The molecule has 5 nitrogen and oxygen atoms in total. The van der Waals surface area contributed by atoms with E-state index in [0.29, 0.717) is 0 Å². The van der Waals surface area contributed by atoms with Crippen LogP contribution in [0, 0.1) is 11.8 Å². The fraction of sp³-hybridized carbons (Fsp3) is 0.900. The smallest absolute Gasteiger partial charge is 0.308 e. The minimum atomic E-state index is -2.16. The lowest BCUT2D eigenvalue weighted by atomic mass is 9.79. The van der Waals surface area contributed by atoms with E-state index in [2.05, 4.69) is 67.7 Å². The van der Waals surface area contributed by atoms with Gasteiger partial charge in [-0.3, -0.25) is 9.59 Å². The summed E-state index contributed by atoms with van der Waals surface area (Å²) in [7, 11) is -4.21. The molecule has 1 heterocycles. The Morgan fingerprint density at radius 3 is 1.81 bits per heavy atom. The largest absolute Gasteiger partial charge is 0.481 e. The minimum Gasteiger partial charge on any atom is -0.481 e. The number of carboxylic acids is 1. The molecule has 1 aliphatic rings. The fourth-order valence-electron chi connectivity index (χ4n) is 3.42. The van der Waals surface area contributed by atoms with Gasteiger partial charge in [-0.05, 0) is 37.0 Å². The van der Waals surface area contributed by atoms with Gasteiger partial charge in [0.25, 0.3) is 0 Å². The number of amides is 1. The van der Waals surface area contributed by atoms with E-state index in [1.54, 1.807) is 6.92 Å². The second kappa shape index (κ2) is 7.30. The van der Waals surface area contributed by atoms with Gasteiger partial charge in [-0.15, -0.1) is 0 Å². The van der Waals surface area contributed by atoms with Gasteiger partial charge in [0.1, 0.15) is 0 Å². The fourth-order valence-corrected chi connectivity index (χ4v) is 7.40. The molecule has 0 aromatic heterocycles. The van der Waals surface area contributed by atoms with Crippen LogP contribution in [0.3, 0.4) is 0 Å². The lowest BCUT2D eigenvalue weighted by molar-refractivity contribution is -0.163. The Morgan fingerprint density at radius 2 is 1.48 bits per heavy atom. The zero-order valence-corrected chi connectivity index (χ0v) is 21.4. The molecule has 1 N–H and O–H groups in total. The molecular weight excluding hydrogens is 374 g/mol. The third kappa shape index (κ3) is 4.35. The minimum absolute atomic E-state index is 0.0341. The molecule has 0 aromatic rings. The van der Waals surface area contributed by atoms with E-state index < -0.39 is 28.4 Å². The van der Waals surface area contributed by atoms with Crippen molar-refractivity contribution in [3.05, 3.63) is 0 Å². The van der Waals surface area contributed by atoms with Crippen molar-refractivity contribution in [3.8, 4) is 0 Å². The van der Waals surface area contributed by atoms with Crippen molar-refractivity contribution in [2.45, 2.75) is 104 Å². The van der Waals surface area contributed by atoms with Crippen LogP contribution in [0.1, 0.15) is 55.4 Å². The Morgan fingerprint density at radius 1 is 1.04 bits per heavy atom. The molecule has 1 saturated heterocycles. The molecule has 27 heavy (non-hydrogen) atoms. The average Bonchev–Trinajstić information content (AvgIpc) is 2.40. The van der Waals surface area contributed by atoms with Crippen LogP contribution in [0.5, 0.6) is 0 Å². The standard InChI is InChI=1S/C20H41NO4Si2/c1-13(18(23)24)16-15(14(2)25-27(11,12)20(6,7)8)17(22)21(16)26(9,10)19(3,4)5/h13-16H,1-12H3,(H,23,24)/t13?,14-,15?,16?/m1/s1. The van der Waals surface area contributed by atoms with Gasteiger partial charge in [0, 0.05) is 0 Å². The molecule has 0 spiro atoms. The van der Waals surface area contributed by atoms with Crippen molar-refractivity contribution in [2.24, 2.45) is 11.8 Å². The molecular formula is C20H41NO4Si2.